The quantitative estimate of drug-likeness (QED) is 0.690. The molecule has 1 fully saturated rings. The maximum Gasteiger partial charge on any atom is 0.337 e. The molecule has 1 saturated carbocycles. The maximum atomic E-state index is 10.9. The summed E-state index contributed by atoms with van der Waals surface area (Å²) >= 11 is 0. The minimum absolute atomic E-state index is 0.254. The van der Waals surface area contributed by atoms with Crippen molar-refractivity contribution in [1.82, 2.24) is 4.98 Å². The number of nitrogens with one attached hydrogen (secondary N) is 1. The molecule has 1 aliphatic rings. The Balaban J connectivity index is 1.67. The third-order valence-electron chi connectivity index (χ3n) is 2.88. The first-order valence-electron chi connectivity index (χ1n) is 6.26. The molecule has 0 amide bonds. The minimum atomic E-state index is -0.940. The highest BCUT2D eigenvalue weighted by Gasteiger charge is 2.20. The summed E-state index contributed by atoms with van der Waals surface area (Å²) in [5.41, 5.74) is 0.816. The van der Waals surface area contributed by atoms with Crippen LogP contribution in [0.1, 0.15) is 29.6 Å². The average Bonchev–Trinajstić information content (AvgIpc) is 3.18. The zero-order valence-corrected chi connectivity index (χ0v) is 10.3. The van der Waals surface area contributed by atoms with E-state index in [0.29, 0.717) is 18.8 Å². The van der Waals surface area contributed by atoms with Gasteiger partial charge in [0.2, 0.25) is 0 Å². The highest BCUT2D eigenvalue weighted by Crippen LogP contribution is 2.28. The van der Waals surface area contributed by atoms with E-state index in [9.17, 15) is 4.79 Å². The van der Waals surface area contributed by atoms with E-state index in [1.54, 1.807) is 0 Å². The Kier molecular flexibility index (Phi) is 4.52. The summed E-state index contributed by atoms with van der Waals surface area (Å²) in [6.07, 6.45) is 6.48. The zero-order chi connectivity index (χ0) is 12.8. The first-order chi connectivity index (χ1) is 8.77. The van der Waals surface area contributed by atoms with Gasteiger partial charge in [-0.1, -0.05) is 0 Å². The normalized spacial score (nSPS) is 14.4. The molecule has 0 bridgehead atoms. The molecule has 1 aliphatic carbocycles. The molecule has 0 radical (unpaired) electrons. The summed E-state index contributed by atoms with van der Waals surface area (Å²) in [6, 6.07) is 1.49. The van der Waals surface area contributed by atoms with Crippen molar-refractivity contribution < 1.29 is 14.6 Å². The van der Waals surface area contributed by atoms with Crippen molar-refractivity contribution in [1.29, 1.82) is 0 Å². The lowest BCUT2D eigenvalue weighted by Crippen LogP contribution is -2.10. The van der Waals surface area contributed by atoms with Gasteiger partial charge in [-0.2, -0.15) is 0 Å². The minimum Gasteiger partial charge on any atom is -0.478 e. The number of hydrogen-bond donors (Lipinski definition) is 2. The van der Waals surface area contributed by atoms with E-state index in [4.69, 9.17) is 9.84 Å². The second-order valence-electron chi connectivity index (χ2n) is 4.53. The Morgan fingerprint density at radius 2 is 2.39 bits per heavy atom. The Labute approximate surface area is 106 Å². The van der Waals surface area contributed by atoms with E-state index in [2.05, 4.69) is 10.3 Å². The predicted octanol–water partition coefficient (Wildman–Crippen LogP) is 2.01. The van der Waals surface area contributed by atoms with Gasteiger partial charge in [0.25, 0.3) is 0 Å². The Morgan fingerprint density at radius 3 is 3.11 bits per heavy atom. The molecule has 2 N–H and O–H groups in total. The van der Waals surface area contributed by atoms with Gasteiger partial charge in [-0.3, -0.25) is 4.98 Å². The Bertz CT molecular complexity index is 405. The number of pyridine rings is 1. The molecule has 1 heterocycles. The lowest BCUT2D eigenvalue weighted by Gasteiger charge is -2.08. The average molecular weight is 250 g/mol. The predicted molar refractivity (Wildman–Crippen MR) is 67.8 cm³/mol. The first-order valence-corrected chi connectivity index (χ1v) is 6.26. The van der Waals surface area contributed by atoms with Crippen LogP contribution in [0.25, 0.3) is 0 Å². The number of nitrogens with zero attached hydrogens (tertiary/aromatic N) is 1. The molecule has 0 aromatic carbocycles. The van der Waals surface area contributed by atoms with Crippen LogP contribution >= 0.6 is 0 Å². The van der Waals surface area contributed by atoms with Crippen LogP contribution in [0.2, 0.25) is 0 Å². The van der Waals surface area contributed by atoms with Crippen molar-refractivity contribution in [2.45, 2.75) is 19.3 Å². The molecule has 0 aliphatic heterocycles. The number of carboxylic acid groups (broad SMARTS) is 1. The summed E-state index contributed by atoms with van der Waals surface area (Å²) in [6.45, 7) is 2.27. The standard InChI is InChI=1S/C13H18N2O3/c16-13(17)11-4-6-14-8-12(11)15-5-1-7-18-9-10-2-3-10/h4,6,8,10,15H,1-3,5,7,9H2,(H,16,17). The van der Waals surface area contributed by atoms with Crippen LogP contribution in [0.4, 0.5) is 5.69 Å². The van der Waals surface area contributed by atoms with Gasteiger partial charge in [0, 0.05) is 26.0 Å². The summed E-state index contributed by atoms with van der Waals surface area (Å²) in [5.74, 6) is -0.153. The third-order valence-corrected chi connectivity index (χ3v) is 2.88. The molecule has 0 spiro atoms. The fourth-order valence-electron chi connectivity index (χ4n) is 1.65. The van der Waals surface area contributed by atoms with Crippen LogP contribution in [0.15, 0.2) is 18.5 Å². The molecular formula is C13H18N2O3. The van der Waals surface area contributed by atoms with Crippen molar-refractivity contribution >= 4 is 11.7 Å². The van der Waals surface area contributed by atoms with E-state index >= 15 is 0 Å². The van der Waals surface area contributed by atoms with Crippen LogP contribution in [-0.2, 0) is 4.74 Å². The number of anilines is 1. The molecule has 5 nitrogen and oxygen atoms in total. The second kappa shape index (κ2) is 6.35. The molecular weight excluding hydrogens is 232 g/mol. The number of carbonyl (C=O) groups is 1. The third kappa shape index (κ3) is 4.00. The molecule has 2 rings (SSSR count). The van der Waals surface area contributed by atoms with Gasteiger partial charge < -0.3 is 15.2 Å². The number of hydrogen-bond acceptors (Lipinski definition) is 4. The monoisotopic (exact) mass is 250 g/mol. The molecule has 0 saturated heterocycles. The number of aromatic nitrogens is 1. The Morgan fingerprint density at radius 1 is 1.56 bits per heavy atom. The molecule has 18 heavy (non-hydrogen) atoms. The Hall–Kier alpha value is -1.62. The SMILES string of the molecule is O=C(O)c1ccncc1NCCCOCC1CC1. The largest absolute Gasteiger partial charge is 0.478 e. The van der Waals surface area contributed by atoms with Crippen LogP contribution in [-0.4, -0.2) is 35.8 Å². The van der Waals surface area contributed by atoms with E-state index in [1.165, 1.54) is 31.3 Å². The molecule has 0 atom stereocenters. The maximum absolute atomic E-state index is 10.9. The van der Waals surface area contributed by atoms with Gasteiger partial charge in [0.05, 0.1) is 17.4 Å². The van der Waals surface area contributed by atoms with Gasteiger partial charge in [-0.25, -0.2) is 4.79 Å². The van der Waals surface area contributed by atoms with Crippen molar-refractivity contribution in [3.8, 4) is 0 Å². The number of aromatic carboxylic acids is 1. The lowest BCUT2D eigenvalue weighted by atomic mass is 10.2. The molecule has 5 heteroatoms. The van der Waals surface area contributed by atoms with Crippen LogP contribution in [0.3, 0.4) is 0 Å². The highest BCUT2D eigenvalue weighted by molar-refractivity contribution is 5.93. The topological polar surface area (TPSA) is 71.5 Å². The summed E-state index contributed by atoms with van der Waals surface area (Å²) in [7, 11) is 0. The van der Waals surface area contributed by atoms with Crippen molar-refractivity contribution in [3.63, 3.8) is 0 Å². The summed E-state index contributed by atoms with van der Waals surface area (Å²) in [4.78, 5) is 14.9. The molecule has 1 aromatic heterocycles. The van der Waals surface area contributed by atoms with E-state index < -0.39 is 5.97 Å². The summed E-state index contributed by atoms with van der Waals surface area (Å²) in [5, 5.41) is 12.1. The smallest absolute Gasteiger partial charge is 0.337 e. The number of ether oxygens (including phenoxy) is 1. The van der Waals surface area contributed by atoms with E-state index in [-0.39, 0.29) is 5.56 Å². The van der Waals surface area contributed by atoms with E-state index in [0.717, 1.165) is 18.9 Å². The number of carboxylic acids is 1. The van der Waals surface area contributed by atoms with Crippen LogP contribution < -0.4 is 5.32 Å². The van der Waals surface area contributed by atoms with Gasteiger partial charge in [0.15, 0.2) is 0 Å². The fraction of sp³-hybridized carbons (Fsp3) is 0.538. The van der Waals surface area contributed by atoms with Crippen molar-refractivity contribution in [2.24, 2.45) is 5.92 Å². The van der Waals surface area contributed by atoms with Gasteiger partial charge in [0.1, 0.15) is 0 Å². The lowest BCUT2D eigenvalue weighted by molar-refractivity contribution is 0.0698. The van der Waals surface area contributed by atoms with E-state index in [1.807, 2.05) is 0 Å². The van der Waals surface area contributed by atoms with Gasteiger partial charge >= 0.3 is 5.97 Å². The van der Waals surface area contributed by atoms with Gasteiger partial charge in [-0.05, 0) is 31.2 Å². The zero-order valence-electron chi connectivity index (χ0n) is 10.3. The highest BCUT2D eigenvalue weighted by atomic mass is 16.5. The molecule has 0 unspecified atom stereocenters. The van der Waals surface area contributed by atoms with Crippen molar-refractivity contribution in [3.05, 3.63) is 24.0 Å². The molecule has 1 aromatic rings. The van der Waals surface area contributed by atoms with Crippen molar-refractivity contribution in [2.75, 3.05) is 25.1 Å². The van der Waals surface area contributed by atoms with Crippen LogP contribution in [0.5, 0.6) is 0 Å². The second-order valence-corrected chi connectivity index (χ2v) is 4.53. The number of rotatable bonds is 8. The fourth-order valence-corrected chi connectivity index (χ4v) is 1.65. The van der Waals surface area contributed by atoms with Gasteiger partial charge in [-0.15, -0.1) is 0 Å². The summed E-state index contributed by atoms with van der Waals surface area (Å²) < 4.78 is 5.50. The molecule has 98 valence electrons. The first kappa shape index (κ1) is 12.8. The van der Waals surface area contributed by atoms with Crippen LogP contribution in [0, 0.1) is 5.92 Å².